The van der Waals surface area contributed by atoms with Gasteiger partial charge in [-0.3, -0.25) is 0 Å². The van der Waals surface area contributed by atoms with Crippen molar-refractivity contribution >= 4 is 23.1 Å². The third-order valence-corrected chi connectivity index (χ3v) is 2.67. The summed E-state index contributed by atoms with van der Waals surface area (Å²) in [6.07, 6.45) is 0.572. The van der Waals surface area contributed by atoms with Crippen molar-refractivity contribution in [3.05, 3.63) is 45.9 Å². The van der Waals surface area contributed by atoms with E-state index in [9.17, 15) is 4.39 Å². The number of hydrogen-bond acceptors (Lipinski definition) is 3. The molecule has 0 saturated carbocycles. The van der Waals surface area contributed by atoms with Gasteiger partial charge in [0.05, 0.1) is 0 Å². The van der Waals surface area contributed by atoms with Gasteiger partial charge in [-0.05, 0) is 40.8 Å². The second-order valence-corrected chi connectivity index (χ2v) is 3.94. The number of hydrogen-bond donors (Lipinski definition) is 0. The standard InChI is InChI=1S/C9H6ClFN2S/c10-9-12-8(14-13-9)5-6-2-1-3-7(11)4-6/h1-4H,5H2. The molecule has 0 aliphatic carbocycles. The van der Waals surface area contributed by atoms with E-state index in [4.69, 9.17) is 11.6 Å². The van der Waals surface area contributed by atoms with Gasteiger partial charge in [0.1, 0.15) is 10.8 Å². The first-order valence-corrected chi connectivity index (χ1v) is 5.12. The highest BCUT2D eigenvalue weighted by atomic mass is 35.5. The fourth-order valence-electron chi connectivity index (χ4n) is 1.13. The van der Waals surface area contributed by atoms with Gasteiger partial charge >= 0.3 is 0 Å². The van der Waals surface area contributed by atoms with E-state index in [1.165, 1.54) is 23.7 Å². The zero-order chi connectivity index (χ0) is 9.97. The topological polar surface area (TPSA) is 25.8 Å². The SMILES string of the molecule is Fc1cccc(Cc2nc(Cl)ns2)c1. The Labute approximate surface area is 89.5 Å². The van der Waals surface area contributed by atoms with Gasteiger partial charge in [0.2, 0.25) is 5.28 Å². The van der Waals surface area contributed by atoms with E-state index in [0.29, 0.717) is 6.42 Å². The van der Waals surface area contributed by atoms with Crippen LogP contribution in [0.5, 0.6) is 0 Å². The van der Waals surface area contributed by atoms with Gasteiger partial charge in [0.15, 0.2) is 0 Å². The number of benzene rings is 1. The lowest BCUT2D eigenvalue weighted by Gasteiger charge is -1.96. The maximum absolute atomic E-state index is 12.8. The van der Waals surface area contributed by atoms with Crippen LogP contribution in [-0.4, -0.2) is 9.36 Å². The van der Waals surface area contributed by atoms with Crippen LogP contribution in [0, 0.1) is 5.82 Å². The smallest absolute Gasteiger partial charge is 0.209 e. The van der Waals surface area contributed by atoms with E-state index in [1.807, 2.05) is 6.07 Å². The first-order chi connectivity index (χ1) is 6.74. The molecule has 72 valence electrons. The molecule has 1 heterocycles. The molecule has 0 saturated heterocycles. The van der Waals surface area contributed by atoms with Crippen molar-refractivity contribution in [3.63, 3.8) is 0 Å². The van der Waals surface area contributed by atoms with Gasteiger partial charge in [-0.2, -0.15) is 4.37 Å². The average molecular weight is 229 g/mol. The molecule has 2 nitrogen and oxygen atoms in total. The highest BCUT2D eigenvalue weighted by molar-refractivity contribution is 7.05. The summed E-state index contributed by atoms with van der Waals surface area (Å²) in [5.41, 5.74) is 0.873. The molecule has 1 aromatic carbocycles. The Bertz CT molecular complexity index is 444. The summed E-state index contributed by atoms with van der Waals surface area (Å²) >= 11 is 6.81. The Hall–Kier alpha value is -1.00. The summed E-state index contributed by atoms with van der Waals surface area (Å²) in [7, 11) is 0. The maximum atomic E-state index is 12.8. The molecule has 14 heavy (non-hydrogen) atoms. The van der Waals surface area contributed by atoms with Gasteiger partial charge < -0.3 is 0 Å². The van der Waals surface area contributed by atoms with Crippen LogP contribution in [0.15, 0.2) is 24.3 Å². The Morgan fingerprint density at radius 3 is 2.93 bits per heavy atom. The lowest BCUT2D eigenvalue weighted by molar-refractivity contribution is 0.626. The monoisotopic (exact) mass is 228 g/mol. The van der Waals surface area contributed by atoms with Crippen LogP contribution in [0.3, 0.4) is 0 Å². The second kappa shape index (κ2) is 4.02. The minimum atomic E-state index is -0.238. The molecule has 0 aliphatic rings. The molecule has 0 aliphatic heterocycles. The van der Waals surface area contributed by atoms with Gasteiger partial charge in [0, 0.05) is 6.42 Å². The normalized spacial score (nSPS) is 10.4. The number of aromatic nitrogens is 2. The van der Waals surface area contributed by atoms with Crippen molar-refractivity contribution in [3.8, 4) is 0 Å². The van der Waals surface area contributed by atoms with E-state index >= 15 is 0 Å². The molecule has 0 fully saturated rings. The van der Waals surface area contributed by atoms with Crippen LogP contribution in [-0.2, 0) is 6.42 Å². The molecule has 5 heteroatoms. The molecule has 0 radical (unpaired) electrons. The second-order valence-electron chi connectivity index (χ2n) is 2.76. The number of rotatable bonds is 2. The lowest BCUT2D eigenvalue weighted by Crippen LogP contribution is -1.87. The summed E-state index contributed by atoms with van der Waals surface area (Å²) in [4.78, 5) is 3.99. The molecule has 2 aromatic rings. The molecule has 0 amide bonds. The fourth-order valence-corrected chi connectivity index (χ4v) is 1.96. The van der Waals surface area contributed by atoms with E-state index < -0.39 is 0 Å². The molecular weight excluding hydrogens is 223 g/mol. The van der Waals surface area contributed by atoms with Crippen molar-refractivity contribution in [2.45, 2.75) is 6.42 Å². The summed E-state index contributed by atoms with van der Waals surface area (Å²) in [5, 5.41) is 1.04. The van der Waals surface area contributed by atoms with Gasteiger partial charge in [-0.1, -0.05) is 12.1 Å². The Morgan fingerprint density at radius 1 is 1.43 bits per heavy atom. The molecule has 2 rings (SSSR count). The molecule has 0 spiro atoms. The third-order valence-electron chi connectivity index (χ3n) is 1.69. The predicted molar refractivity (Wildman–Crippen MR) is 54.1 cm³/mol. The first kappa shape index (κ1) is 9.55. The summed E-state index contributed by atoms with van der Waals surface area (Å²) in [6, 6.07) is 6.41. The van der Waals surface area contributed by atoms with E-state index in [-0.39, 0.29) is 11.1 Å². The predicted octanol–water partition coefficient (Wildman–Crippen LogP) is 2.92. The van der Waals surface area contributed by atoms with Gasteiger partial charge in [-0.25, -0.2) is 9.37 Å². The Balaban J connectivity index is 2.18. The van der Waals surface area contributed by atoms with Crippen LogP contribution >= 0.6 is 23.1 Å². The van der Waals surface area contributed by atoms with Crippen molar-refractivity contribution < 1.29 is 4.39 Å². The average Bonchev–Trinajstić information content (AvgIpc) is 2.51. The maximum Gasteiger partial charge on any atom is 0.234 e. The Morgan fingerprint density at radius 2 is 2.29 bits per heavy atom. The zero-order valence-electron chi connectivity index (χ0n) is 7.08. The van der Waals surface area contributed by atoms with Crippen molar-refractivity contribution in [2.75, 3.05) is 0 Å². The third kappa shape index (κ3) is 2.27. The van der Waals surface area contributed by atoms with Crippen LogP contribution in [0.2, 0.25) is 5.28 Å². The number of nitrogens with zero attached hydrogens (tertiary/aromatic N) is 2. The Kier molecular flexibility index (Phi) is 2.74. The van der Waals surface area contributed by atoms with Crippen LogP contribution in [0.1, 0.15) is 10.6 Å². The molecule has 0 unspecified atom stereocenters. The first-order valence-electron chi connectivity index (χ1n) is 3.96. The highest BCUT2D eigenvalue weighted by Crippen LogP contribution is 2.14. The highest BCUT2D eigenvalue weighted by Gasteiger charge is 2.03. The molecule has 1 aromatic heterocycles. The van der Waals surface area contributed by atoms with Crippen molar-refractivity contribution in [1.82, 2.24) is 9.36 Å². The molecule has 0 bridgehead atoms. The van der Waals surface area contributed by atoms with Gasteiger partial charge in [-0.15, -0.1) is 0 Å². The van der Waals surface area contributed by atoms with E-state index in [1.54, 1.807) is 6.07 Å². The molecule has 0 N–H and O–H groups in total. The largest absolute Gasteiger partial charge is 0.234 e. The van der Waals surface area contributed by atoms with Crippen LogP contribution < -0.4 is 0 Å². The van der Waals surface area contributed by atoms with Crippen LogP contribution in [0.4, 0.5) is 4.39 Å². The fraction of sp³-hybridized carbons (Fsp3) is 0.111. The van der Waals surface area contributed by atoms with Crippen molar-refractivity contribution in [1.29, 1.82) is 0 Å². The summed E-state index contributed by atoms with van der Waals surface area (Å²) < 4.78 is 16.7. The lowest BCUT2D eigenvalue weighted by atomic mass is 10.1. The van der Waals surface area contributed by atoms with Crippen molar-refractivity contribution in [2.24, 2.45) is 0 Å². The molecule has 0 atom stereocenters. The van der Waals surface area contributed by atoms with Gasteiger partial charge in [0.25, 0.3) is 0 Å². The minimum absolute atomic E-state index is 0.238. The quantitative estimate of drug-likeness (QED) is 0.790. The minimum Gasteiger partial charge on any atom is -0.209 e. The summed E-state index contributed by atoms with van der Waals surface area (Å²) in [5.74, 6) is -0.238. The number of halogens is 2. The summed E-state index contributed by atoms with van der Waals surface area (Å²) in [6.45, 7) is 0. The van der Waals surface area contributed by atoms with E-state index in [0.717, 1.165) is 10.6 Å². The molecular formula is C9H6ClFN2S. The zero-order valence-corrected chi connectivity index (χ0v) is 8.65. The van der Waals surface area contributed by atoms with E-state index in [2.05, 4.69) is 9.36 Å². The van der Waals surface area contributed by atoms with Crippen LogP contribution in [0.25, 0.3) is 0 Å².